The zero-order valence-corrected chi connectivity index (χ0v) is 12.3. The van der Waals surface area contributed by atoms with E-state index in [-0.39, 0.29) is 6.42 Å². The molecule has 0 bridgehead atoms. The molecular weight excluding hydrogens is 274 g/mol. The van der Waals surface area contributed by atoms with Crippen LogP contribution in [0.5, 0.6) is 5.75 Å². The predicted molar refractivity (Wildman–Crippen MR) is 77.4 cm³/mol. The Bertz CT molecular complexity index is 475. The Morgan fingerprint density at radius 2 is 2.14 bits per heavy atom. The van der Waals surface area contributed by atoms with Crippen molar-refractivity contribution in [1.29, 1.82) is 0 Å². The van der Waals surface area contributed by atoms with E-state index < -0.39 is 18.1 Å². The molecule has 1 unspecified atom stereocenters. The van der Waals surface area contributed by atoms with Gasteiger partial charge in [0.15, 0.2) is 0 Å². The number of carbonyl (C=O) groups excluding carboxylic acids is 1. The van der Waals surface area contributed by atoms with E-state index in [1.165, 1.54) is 7.11 Å². The van der Waals surface area contributed by atoms with Crippen molar-refractivity contribution >= 4 is 12.1 Å². The Morgan fingerprint density at radius 1 is 1.38 bits per heavy atom. The Labute approximate surface area is 124 Å². The topological polar surface area (TPSA) is 84.9 Å². The maximum absolute atomic E-state index is 11.7. The van der Waals surface area contributed by atoms with Gasteiger partial charge < -0.3 is 19.9 Å². The predicted octanol–water partition coefficient (Wildman–Crippen LogP) is 2.74. The fraction of sp³-hybridized carbons (Fsp3) is 0.467. The van der Waals surface area contributed by atoms with Gasteiger partial charge in [-0.3, -0.25) is 4.79 Å². The van der Waals surface area contributed by atoms with Crippen molar-refractivity contribution in [3.05, 3.63) is 29.8 Å². The summed E-state index contributed by atoms with van der Waals surface area (Å²) in [7, 11) is 1.53. The molecule has 6 heteroatoms. The van der Waals surface area contributed by atoms with Gasteiger partial charge in [-0.25, -0.2) is 4.79 Å². The Morgan fingerprint density at radius 3 is 2.76 bits per heavy atom. The van der Waals surface area contributed by atoms with E-state index >= 15 is 0 Å². The molecule has 0 aliphatic carbocycles. The minimum Gasteiger partial charge on any atom is -0.497 e. The first kappa shape index (κ1) is 16.8. The molecule has 21 heavy (non-hydrogen) atoms. The number of hydrogen-bond donors (Lipinski definition) is 2. The number of nitrogens with one attached hydrogen (secondary N) is 1. The first-order valence-electron chi connectivity index (χ1n) is 6.85. The maximum Gasteiger partial charge on any atom is 0.407 e. The van der Waals surface area contributed by atoms with Crippen LogP contribution in [0.1, 0.15) is 37.8 Å². The lowest BCUT2D eigenvalue weighted by atomic mass is 10.0. The molecule has 1 aromatic rings. The summed E-state index contributed by atoms with van der Waals surface area (Å²) in [5.74, 6) is -0.402. The SMILES string of the molecule is CCCCOC(=O)NC(CC(=O)O)c1cccc(OC)c1. The largest absolute Gasteiger partial charge is 0.497 e. The van der Waals surface area contributed by atoms with Gasteiger partial charge in [-0.1, -0.05) is 25.5 Å². The van der Waals surface area contributed by atoms with E-state index in [9.17, 15) is 9.59 Å². The van der Waals surface area contributed by atoms with Gasteiger partial charge in [0, 0.05) is 0 Å². The summed E-state index contributed by atoms with van der Waals surface area (Å²) < 4.78 is 10.1. The molecule has 0 spiro atoms. The van der Waals surface area contributed by atoms with E-state index in [0.29, 0.717) is 17.9 Å². The fourth-order valence-electron chi connectivity index (χ4n) is 1.78. The number of benzene rings is 1. The van der Waals surface area contributed by atoms with Crippen LogP contribution in [-0.4, -0.2) is 30.9 Å². The van der Waals surface area contributed by atoms with Gasteiger partial charge in [-0.15, -0.1) is 0 Å². The van der Waals surface area contributed by atoms with E-state index in [1.807, 2.05) is 6.92 Å². The van der Waals surface area contributed by atoms with Crippen LogP contribution in [0.15, 0.2) is 24.3 Å². The van der Waals surface area contributed by atoms with Crippen LogP contribution in [0.2, 0.25) is 0 Å². The molecule has 0 radical (unpaired) electrons. The summed E-state index contributed by atoms with van der Waals surface area (Å²) in [4.78, 5) is 22.6. The lowest BCUT2D eigenvalue weighted by molar-refractivity contribution is -0.137. The normalized spacial score (nSPS) is 11.5. The van der Waals surface area contributed by atoms with E-state index in [2.05, 4.69) is 5.32 Å². The summed E-state index contributed by atoms with van der Waals surface area (Å²) in [5, 5.41) is 11.6. The molecule has 0 heterocycles. The van der Waals surface area contributed by atoms with Crippen molar-refractivity contribution in [2.45, 2.75) is 32.2 Å². The number of carbonyl (C=O) groups is 2. The average Bonchev–Trinajstić information content (AvgIpc) is 2.46. The van der Waals surface area contributed by atoms with Crippen LogP contribution in [0.4, 0.5) is 4.79 Å². The minimum atomic E-state index is -1.00. The third-order valence-corrected chi connectivity index (χ3v) is 2.90. The molecule has 1 aromatic carbocycles. The summed E-state index contributed by atoms with van der Waals surface area (Å²) in [6.45, 7) is 2.31. The van der Waals surface area contributed by atoms with Crippen LogP contribution in [0.3, 0.4) is 0 Å². The van der Waals surface area contributed by atoms with Gasteiger partial charge in [0.25, 0.3) is 0 Å². The highest BCUT2D eigenvalue weighted by atomic mass is 16.5. The highest BCUT2D eigenvalue weighted by molar-refractivity contribution is 5.72. The number of carboxylic acid groups (broad SMARTS) is 1. The Balaban J connectivity index is 2.75. The zero-order chi connectivity index (χ0) is 15.7. The molecule has 1 rings (SSSR count). The second kappa shape index (κ2) is 8.84. The molecule has 1 amide bonds. The van der Waals surface area contributed by atoms with E-state index in [1.54, 1.807) is 24.3 Å². The minimum absolute atomic E-state index is 0.226. The van der Waals surface area contributed by atoms with Gasteiger partial charge in [-0.2, -0.15) is 0 Å². The molecule has 0 aromatic heterocycles. The van der Waals surface area contributed by atoms with Gasteiger partial charge in [0.2, 0.25) is 0 Å². The van der Waals surface area contributed by atoms with Crippen LogP contribution < -0.4 is 10.1 Å². The van der Waals surface area contributed by atoms with E-state index in [0.717, 1.165) is 12.8 Å². The molecule has 0 saturated carbocycles. The molecule has 0 fully saturated rings. The van der Waals surface area contributed by atoms with Crippen molar-refractivity contribution in [3.63, 3.8) is 0 Å². The summed E-state index contributed by atoms with van der Waals surface area (Å²) in [6.07, 6.45) is 0.853. The number of carboxylic acids is 1. The third kappa shape index (κ3) is 6.16. The van der Waals surface area contributed by atoms with Crippen LogP contribution in [0, 0.1) is 0 Å². The average molecular weight is 295 g/mol. The van der Waals surface area contributed by atoms with Gasteiger partial charge in [0.1, 0.15) is 5.75 Å². The van der Waals surface area contributed by atoms with Gasteiger partial charge in [-0.05, 0) is 24.1 Å². The number of aliphatic carboxylic acids is 1. The number of hydrogen-bond acceptors (Lipinski definition) is 4. The number of ether oxygens (including phenoxy) is 2. The van der Waals surface area contributed by atoms with Crippen molar-refractivity contribution in [3.8, 4) is 5.75 Å². The molecule has 6 nitrogen and oxygen atoms in total. The number of rotatable bonds is 8. The maximum atomic E-state index is 11.7. The zero-order valence-electron chi connectivity index (χ0n) is 12.3. The second-order valence-electron chi connectivity index (χ2n) is 4.56. The van der Waals surface area contributed by atoms with Crippen LogP contribution in [0.25, 0.3) is 0 Å². The number of alkyl carbamates (subject to hydrolysis) is 1. The second-order valence-corrected chi connectivity index (χ2v) is 4.56. The Kier molecular flexibility index (Phi) is 7.08. The number of unbranched alkanes of at least 4 members (excludes halogenated alkanes) is 1. The highest BCUT2D eigenvalue weighted by Crippen LogP contribution is 2.21. The van der Waals surface area contributed by atoms with Crippen molar-refractivity contribution < 1.29 is 24.2 Å². The van der Waals surface area contributed by atoms with Crippen LogP contribution in [-0.2, 0) is 9.53 Å². The summed E-state index contributed by atoms with van der Waals surface area (Å²) >= 11 is 0. The molecule has 0 aliphatic heterocycles. The van der Waals surface area contributed by atoms with Crippen molar-refractivity contribution in [1.82, 2.24) is 5.32 Å². The van der Waals surface area contributed by atoms with E-state index in [4.69, 9.17) is 14.6 Å². The molecule has 0 aliphatic rings. The lowest BCUT2D eigenvalue weighted by Crippen LogP contribution is -2.31. The molecule has 1 atom stereocenters. The Hall–Kier alpha value is -2.24. The lowest BCUT2D eigenvalue weighted by Gasteiger charge is -2.18. The van der Waals surface area contributed by atoms with Crippen molar-refractivity contribution in [2.24, 2.45) is 0 Å². The molecule has 2 N–H and O–H groups in total. The fourth-order valence-corrected chi connectivity index (χ4v) is 1.78. The number of methoxy groups -OCH3 is 1. The first-order chi connectivity index (χ1) is 10.1. The smallest absolute Gasteiger partial charge is 0.407 e. The molecule has 0 saturated heterocycles. The van der Waals surface area contributed by atoms with Gasteiger partial charge >= 0.3 is 12.1 Å². The quantitative estimate of drug-likeness (QED) is 0.720. The summed E-state index contributed by atoms with van der Waals surface area (Å²) in [6, 6.07) is 6.27. The molecule has 116 valence electrons. The standard InChI is InChI=1S/C15H21NO5/c1-3-4-8-21-15(19)16-13(10-14(17)18)11-6-5-7-12(9-11)20-2/h5-7,9,13H,3-4,8,10H2,1-2H3,(H,16,19)(H,17,18). The van der Waals surface area contributed by atoms with Gasteiger partial charge in [0.05, 0.1) is 26.2 Å². The first-order valence-corrected chi connectivity index (χ1v) is 6.85. The molecular formula is C15H21NO5. The third-order valence-electron chi connectivity index (χ3n) is 2.90. The highest BCUT2D eigenvalue weighted by Gasteiger charge is 2.19. The van der Waals surface area contributed by atoms with Crippen molar-refractivity contribution in [2.75, 3.05) is 13.7 Å². The number of amides is 1. The summed E-state index contributed by atoms with van der Waals surface area (Å²) in [5.41, 5.74) is 0.657. The monoisotopic (exact) mass is 295 g/mol. The van der Waals surface area contributed by atoms with Crippen LogP contribution >= 0.6 is 0 Å².